The van der Waals surface area contributed by atoms with Gasteiger partial charge in [0, 0.05) is 0 Å². The molecule has 1 atom stereocenters. The summed E-state index contributed by atoms with van der Waals surface area (Å²) in [5.41, 5.74) is -1.17. The van der Waals surface area contributed by atoms with Crippen molar-refractivity contribution >= 4 is 11.9 Å². The molecule has 1 aromatic rings. The van der Waals surface area contributed by atoms with Crippen molar-refractivity contribution in [3.05, 3.63) is 24.3 Å². The second-order valence-electron chi connectivity index (χ2n) is 9.35. The third-order valence-electron chi connectivity index (χ3n) is 6.80. The van der Waals surface area contributed by atoms with Crippen LogP contribution < -0.4 is 9.47 Å². The third kappa shape index (κ3) is 7.97. The van der Waals surface area contributed by atoms with E-state index in [1.54, 1.807) is 38.1 Å². The van der Waals surface area contributed by atoms with Crippen molar-refractivity contribution in [3.63, 3.8) is 0 Å². The number of hydrogen-bond donors (Lipinski definition) is 0. The summed E-state index contributed by atoms with van der Waals surface area (Å²) in [5.74, 6) is 0.749. The molecule has 1 fully saturated rings. The molecule has 5 nitrogen and oxygen atoms in total. The molecule has 5 heteroatoms. The molecule has 0 bridgehead atoms. The topological polar surface area (TPSA) is 76.4 Å². The predicted octanol–water partition coefficient (Wildman–Crippen LogP) is 6.99. The average molecular weight is 442 g/mol. The molecular formula is C27H39NO4. The summed E-state index contributed by atoms with van der Waals surface area (Å²) in [7, 11) is 0. The number of carbonyl (C=O) groups is 2. The van der Waals surface area contributed by atoms with E-state index in [1.165, 1.54) is 44.9 Å². The quantitative estimate of drug-likeness (QED) is 0.198. The Labute approximate surface area is 193 Å². The van der Waals surface area contributed by atoms with E-state index >= 15 is 0 Å². The highest BCUT2D eigenvalue weighted by Crippen LogP contribution is 2.33. The summed E-state index contributed by atoms with van der Waals surface area (Å²) in [5, 5.41) is 9.19. The molecule has 32 heavy (non-hydrogen) atoms. The number of nitrogens with zero attached hydrogens (tertiary/aromatic N) is 1. The standard InChI is InChI=1S/C27H39NO4/c1-4-6-7-8-9-10-11-21-12-14-22(15-13-21)25(29)31-23-16-18-24(19-17-23)32-26(30)27(3,5-2)20-28/h16-19,21-22H,4-15H2,1-3H3. The van der Waals surface area contributed by atoms with Crippen LogP contribution in [-0.4, -0.2) is 11.9 Å². The normalized spacial score (nSPS) is 20.1. The van der Waals surface area contributed by atoms with E-state index in [2.05, 4.69) is 6.92 Å². The van der Waals surface area contributed by atoms with Gasteiger partial charge in [-0.1, -0.05) is 58.8 Å². The first-order chi connectivity index (χ1) is 15.4. The molecule has 0 aromatic heterocycles. The Morgan fingerprint density at radius 2 is 1.50 bits per heavy atom. The third-order valence-corrected chi connectivity index (χ3v) is 6.80. The van der Waals surface area contributed by atoms with Crippen LogP contribution in [0.25, 0.3) is 0 Å². The maximum atomic E-state index is 12.6. The van der Waals surface area contributed by atoms with Gasteiger partial charge in [-0.15, -0.1) is 0 Å². The van der Waals surface area contributed by atoms with Crippen LogP contribution in [0.5, 0.6) is 11.5 Å². The van der Waals surface area contributed by atoms with Crippen LogP contribution in [0.3, 0.4) is 0 Å². The summed E-state index contributed by atoms with van der Waals surface area (Å²) in [6.07, 6.45) is 13.7. The lowest BCUT2D eigenvalue weighted by atomic mass is 9.80. The van der Waals surface area contributed by atoms with E-state index in [1.807, 2.05) is 6.07 Å². The van der Waals surface area contributed by atoms with Crippen molar-refractivity contribution in [1.82, 2.24) is 0 Å². The van der Waals surface area contributed by atoms with Crippen LogP contribution in [0.2, 0.25) is 0 Å². The second-order valence-corrected chi connectivity index (χ2v) is 9.35. The van der Waals surface area contributed by atoms with Crippen molar-refractivity contribution in [1.29, 1.82) is 5.26 Å². The molecule has 1 aromatic carbocycles. The molecule has 0 N–H and O–H groups in total. The van der Waals surface area contributed by atoms with E-state index < -0.39 is 11.4 Å². The highest BCUT2D eigenvalue weighted by Gasteiger charge is 2.33. The highest BCUT2D eigenvalue weighted by molar-refractivity contribution is 5.81. The zero-order valence-electron chi connectivity index (χ0n) is 20.0. The SMILES string of the molecule is CCCCCCCCC1CCC(C(=O)Oc2ccc(OC(=O)C(C)(C#N)CC)cc2)CC1. The Kier molecular flexibility index (Phi) is 10.7. The highest BCUT2D eigenvalue weighted by atomic mass is 16.5. The molecule has 0 amide bonds. The van der Waals surface area contributed by atoms with E-state index in [0.717, 1.165) is 31.6 Å². The van der Waals surface area contributed by atoms with Gasteiger partial charge in [-0.05, 0) is 69.2 Å². The van der Waals surface area contributed by atoms with E-state index in [0.29, 0.717) is 17.9 Å². The van der Waals surface area contributed by atoms with Crippen LogP contribution in [-0.2, 0) is 9.59 Å². The van der Waals surface area contributed by atoms with Gasteiger partial charge in [0.15, 0.2) is 5.41 Å². The summed E-state index contributed by atoms with van der Waals surface area (Å²) >= 11 is 0. The van der Waals surface area contributed by atoms with Crippen LogP contribution in [0.1, 0.15) is 97.8 Å². The molecule has 0 aliphatic heterocycles. The predicted molar refractivity (Wildman–Crippen MR) is 125 cm³/mol. The number of hydrogen-bond acceptors (Lipinski definition) is 5. The Balaban J connectivity index is 1.72. The van der Waals surface area contributed by atoms with Gasteiger partial charge in [-0.3, -0.25) is 4.79 Å². The van der Waals surface area contributed by atoms with Gasteiger partial charge >= 0.3 is 11.9 Å². The maximum Gasteiger partial charge on any atom is 0.331 e. The van der Waals surface area contributed by atoms with Crippen LogP contribution >= 0.6 is 0 Å². The lowest BCUT2D eigenvalue weighted by Gasteiger charge is -2.27. The number of unbranched alkanes of at least 4 members (excludes halogenated alkanes) is 5. The zero-order valence-corrected chi connectivity index (χ0v) is 20.0. The molecular weight excluding hydrogens is 402 g/mol. The van der Waals surface area contributed by atoms with Crippen molar-refractivity contribution in [2.75, 3.05) is 0 Å². The minimum atomic E-state index is -1.17. The fourth-order valence-electron chi connectivity index (χ4n) is 4.16. The molecule has 0 spiro atoms. The first-order valence-corrected chi connectivity index (χ1v) is 12.4. The van der Waals surface area contributed by atoms with Crippen molar-refractivity contribution in [2.24, 2.45) is 17.3 Å². The van der Waals surface area contributed by atoms with Crippen molar-refractivity contribution < 1.29 is 19.1 Å². The lowest BCUT2D eigenvalue weighted by molar-refractivity contribution is -0.142. The van der Waals surface area contributed by atoms with Gasteiger partial charge in [-0.2, -0.15) is 5.26 Å². The number of benzene rings is 1. The average Bonchev–Trinajstić information content (AvgIpc) is 2.82. The summed E-state index contributed by atoms with van der Waals surface area (Å²) in [6.45, 7) is 5.58. The number of rotatable bonds is 12. The van der Waals surface area contributed by atoms with Gasteiger partial charge in [0.25, 0.3) is 0 Å². The van der Waals surface area contributed by atoms with E-state index in [4.69, 9.17) is 9.47 Å². The molecule has 1 aliphatic carbocycles. The van der Waals surface area contributed by atoms with E-state index in [-0.39, 0.29) is 11.9 Å². The van der Waals surface area contributed by atoms with Gasteiger partial charge in [0.05, 0.1) is 12.0 Å². The molecule has 0 radical (unpaired) electrons. The molecule has 0 saturated heterocycles. The van der Waals surface area contributed by atoms with Crippen LogP contribution in [0, 0.1) is 28.6 Å². The minimum Gasteiger partial charge on any atom is -0.426 e. The summed E-state index contributed by atoms with van der Waals surface area (Å²) in [4.78, 5) is 24.8. The number of esters is 2. The number of nitriles is 1. The summed E-state index contributed by atoms with van der Waals surface area (Å²) in [6, 6.07) is 8.43. The first kappa shape index (κ1) is 25.9. The smallest absolute Gasteiger partial charge is 0.331 e. The maximum absolute atomic E-state index is 12.6. The fraction of sp³-hybridized carbons (Fsp3) is 0.667. The number of ether oxygens (including phenoxy) is 2. The lowest BCUT2D eigenvalue weighted by Crippen LogP contribution is -2.29. The van der Waals surface area contributed by atoms with Gasteiger partial charge in [-0.25, -0.2) is 4.79 Å². The Morgan fingerprint density at radius 3 is 2.06 bits per heavy atom. The van der Waals surface area contributed by atoms with Crippen LogP contribution in [0.15, 0.2) is 24.3 Å². The van der Waals surface area contributed by atoms with Crippen LogP contribution in [0.4, 0.5) is 0 Å². The second kappa shape index (κ2) is 13.3. The van der Waals surface area contributed by atoms with E-state index in [9.17, 15) is 14.9 Å². The molecule has 176 valence electrons. The first-order valence-electron chi connectivity index (χ1n) is 12.4. The molecule has 0 heterocycles. The Bertz CT molecular complexity index is 759. The van der Waals surface area contributed by atoms with Gasteiger partial charge in [0.2, 0.25) is 0 Å². The van der Waals surface area contributed by atoms with Crippen molar-refractivity contribution in [3.8, 4) is 17.6 Å². The van der Waals surface area contributed by atoms with Gasteiger partial charge < -0.3 is 9.47 Å². The Morgan fingerprint density at radius 1 is 0.938 bits per heavy atom. The molecule has 1 unspecified atom stereocenters. The fourth-order valence-corrected chi connectivity index (χ4v) is 4.16. The largest absolute Gasteiger partial charge is 0.426 e. The molecule has 1 saturated carbocycles. The Hall–Kier alpha value is -2.35. The monoisotopic (exact) mass is 441 g/mol. The molecule has 2 rings (SSSR count). The van der Waals surface area contributed by atoms with Crippen molar-refractivity contribution in [2.45, 2.75) is 97.8 Å². The van der Waals surface area contributed by atoms with Gasteiger partial charge in [0.1, 0.15) is 11.5 Å². The summed E-state index contributed by atoms with van der Waals surface area (Å²) < 4.78 is 10.9. The number of carbonyl (C=O) groups excluding carboxylic acids is 2. The molecule has 1 aliphatic rings. The minimum absolute atomic E-state index is 0.0331. The zero-order chi connectivity index (χ0) is 23.4.